The smallest absolute Gasteiger partial charge is 0.329 e. The number of rotatable bonds is 10. The van der Waals surface area contributed by atoms with Crippen LogP contribution < -0.4 is 10.1 Å². The number of fused-ring (bicyclic) bond motifs is 3. The summed E-state index contributed by atoms with van der Waals surface area (Å²) in [7, 11) is 0. The fourth-order valence-corrected chi connectivity index (χ4v) is 9.53. The molecule has 4 aromatic rings. The van der Waals surface area contributed by atoms with Crippen LogP contribution in [0, 0.1) is 11.8 Å². The minimum absolute atomic E-state index is 0.131. The summed E-state index contributed by atoms with van der Waals surface area (Å²) in [4.78, 5) is 17.7. The number of nitrogens with one attached hydrogen (secondary N) is 1. The van der Waals surface area contributed by atoms with E-state index in [2.05, 4.69) is 49.3 Å². The molecule has 4 atom stereocenters. The molecule has 1 heterocycles. The predicted octanol–water partition coefficient (Wildman–Crippen LogP) is 10.1. The molecule has 262 valence electrons. The van der Waals surface area contributed by atoms with Gasteiger partial charge in [-0.15, -0.1) is 0 Å². The number of carboxylic acids is 1. The number of benzene rings is 3. The summed E-state index contributed by atoms with van der Waals surface area (Å²) >= 11 is 6.30. The molecule has 3 aromatic carbocycles. The molecule has 3 aliphatic carbocycles. The van der Waals surface area contributed by atoms with Gasteiger partial charge in [-0.25, -0.2) is 4.79 Å². The van der Waals surface area contributed by atoms with Crippen LogP contribution in [0.15, 0.2) is 79.0 Å². The second-order valence-corrected chi connectivity index (χ2v) is 15.9. The topological polar surface area (TPSA) is 91.7 Å². The Balaban J connectivity index is 1.16. The molecule has 0 amide bonds. The number of aryl methyl sites for hydroxylation is 1. The van der Waals surface area contributed by atoms with Gasteiger partial charge in [0.15, 0.2) is 0 Å². The van der Waals surface area contributed by atoms with Gasteiger partial charge in [0.05, 0.1) is 6.61 Å². The Kier molecular flexibility index (Phi) is 9.60. The van der Waals surface area contributed by atoms with Crippen LogP contribution in [0.3, 0.4) is 0 Å². The Bertz CT molecular complexity index is 1850. The second kappa shape index (κ2) is 13.9. The molecule has 7 rings (SSSR count). The van der Waals surface area contributed by atoms with Gasteiger partial charge in [0.2, 0.25) is 0 Å². The van der Waals surface area contributed by atoms with E-state index in [-0.39, 0.29) is 17.1 Å². The number of hydrogen-bond donors (Lipinski definition) is 3. The van der Waals surface area contributed by atoms with Crippen molar-refractivity contribution in [2.24, 2.45) is 11.8 Å². The molecule has 0 saturated heterocycles. The first-order valence-electron chi connectivity index (χ1n) is 18.4. The van der Waals surface area contributed by atoms with Crippen molar-refractivity contribution in [1.82, 2.24) is 4.98 Å². The summed E-state index contributed by atoms with van der Waals surface area (Å²) in [5.41, 5.74) is 7.19. The summed E-state index contributed by atoms with van der Waals surface area (Å²) in [6.45, 7) is 7.45. The van der Waals surface area contributed by atoms with Gasteiger partial charge in [0.25, 0.3) is 0 Å². The van der Waals surface area contributed by atoms with Crippen molar-refractivity contribution >= 4 is 23.3 Å². The summed E-state index contributed by atoms with van der Waals surface area (Å²) in [6, 6.07) is 23.9. The maximum Gasteiger partial charge on any atom is 0.329 e. The van der Waals surface area contributed by atoms with E-state index in [0.29, 0.717) is 42.2 Å². The average molecular weight is 693 g/mol. The third-order valence-electron chi connectivity index (χ3n) is 12.2. The maximum absolute atomic E-state index is 13.0. The number of nitrogens with zero attached hydrogens (tertiary/aromatic N) is 1. The van der Waals surface area contributed by atoms with E-state index in [0.717, 1.165) is 49.1 Å². The molecule has 1 fully saturated rings. The number of carbonyl (C=O) groups is 1. The monoisotopic (exact) mass is 692 g/mol. The van der Waals surface area contributed by atoms with E-state index >= 15 is 0 Å². The normalized spacial score (nSPS) is 25.4. The molecule has 50 heavy (non-hydrogen) atoms. The van der Waals surface area contributed by atoms with Crippen LogP contribution in [-0.4, -0.2) is 33.3 Å². The third kappa shape index (κ3) is 6.59. The van der Waals surface area contributed by atoms with Gasteiger partial charge in [-0.05, 0) is 140 Å². The summed E-state index contributed by atoms with van der Waals surface area (Å²) < 4.78 is 6.59. The van der Waals surface area contributed by atoms with Crippen LogP contribution in [0.2, 0.25) is 5.02 Å². The van der Waals surface area contributed by atoms with Crippen LogP contribution in [-0.2, 0) is 23.1 Å². The SMILES string of the molecule is C[C@@H](COc1ccnc2c1[C@H](C)CCC2)C[C@H]1Cc2ccc([C@H](C)c3ccc(O)cc3)cc2C12CCC(Nc1cccc(Cl)c1)(C(=O)O)CC2. The van der Waals surface area contributed by atoms with Crippen molar-refractivity contribution in [3.8, 4) is 11.5 Å². The molecule has 7 heteroatoms. The standard InChI is InChI=1S/C43H49ClN2O4/c1-27(26-50-39-16-21-45-38-9-4-6-28(2)40(38)39)22-33-23-32-11-10-31(29(3)30-12-14-36(47)15-13-30)24-37(32)42(33)17-19-43(20-18-42,41(48)49)46-35-8-5-7-34(44)25-35/h5,7-8,10-16,21,24-25,27-29,33,46-47H,4,6,9,17-20,22-23,26H2,1-3H3,(H,48,49)/t27-,28-,29-,33+,42?,43?/m1/s1. The van der Waals surface area contributed by atoms with E-state index < -0.39 is 11.5 Å². The van der Waals surface area contributed by atoms with E-state index in [4.69, 9.17) is 16.3 Å². The lowest BCUT2D eigenvalue weighted by atomic mass is 9.59. The molecule has 1 spiro atoms. The Morgan fingerprint density at radius 3 is 2.52 bits per heavy atom. The highest BCUT2D eigenvalue weighted by atomic mass is 35.5. The number of phenols is 1. The lowest BCUT2D eigenvalue weighted by molar-refractivity contribution is -0.144. The van der Waals surface area contributed by atoms with E-state index in [1.54, 1.807) is 12.1 Å². The Hall–Kier alpha value is -4.03. The third-order valence-corrected chi connectivity index (χ3v) is 12.4. The number of aromatic nitrogens is 1. The fourth-order valence-electron chi connectivity index (χ4n) is 9.34. The number of ether oxygens (including phenoxy) is 1. The molecule has 6 nitrogen and oxygen atoms in total. The number of phenolic OH excluding ortho intramolecular Hbond substituents is 1. The highest BCUT2D eigenvalue weighted by molar-refractivity contribution is 6.30. The first-order valence-corrected chi connectivity index (χ1v) is 18.7. The molecule has 0 aliphatic heterocycles. The first-order chi connectivity index (χ1) is 24.1. The van der Waals surface area contributed by atoms with Crippen molar-refractivity contribution in [1.29, 1.82) is 0 Å². The fraction of sp³-hybridized carbons (Fsp3) is 0.442. The summed E-state index contributed by atoms with van der Waals surface area (Å²) in [5, 5.41) is 24.6. The number of aliphatic carboxylic acids is 1. The average Bonchev–Trinajstić information content (AvgIpc) is 3.39. The number of carboxylic acid groups (broad SMARTS) is 1. The van der Waals surface area contributed by atoms with Crippen LogP contribution in [0.4, 0.5) is 5.69 Å². The lowest BCUT2D eigenvalue weighted by Gasteiger charge is -2.47. The minimum atomic E-state index is -1.06. The number of pyridine rings is 1. The number of aromatic hydroxyl groups is 1. The molecular formula is C43H49ClN2O4. The van der Waals surface area contributed by atoms with E-state index in [9.17, 15) is 15.0 Å². The molecule has 1 aromatic heterocycles. The van der Waals surface area contributed by atoms with Gasteiger partial charge in [0, 0.05) is 34.1 Å². The molecule has 3 N–H and O–H groups in total. The van der Waals surface area contributed by atoms with Crippen LogP contribution in [0.25, 0.3) is 0 Å². The Labute approximate surface area is 301 Å². The van der Waals surface area contributed by atoms with E-state index in [1.807, 2.05) is 48.7 Å². The molecular weight excluding hydrogens is 644 g/mol. The predicted molar refractivity (Wildman–Crippen MR) is 200 cm³/mol. The second-order valence-electron chi connectivity index (χ2n) is 15.4. The van der Waals surface area contributed by atoms with Crippen molar-refractivity contribution < 1.29 is 19.7 Å². The number of anilines is 1. The van der Waals surface area contributed by atoms with Gasteiger partial charge in [-0.3, -0.25) is 4.98 Å². The zero-order chi connectivity index (χ0) is 35.0. The van der Waals surface area contributed by atoms with Crippen LogP contribution in [0.1, 0.15) is 111 Å². The summed E-state index contributed by atoms with van der Waals surface area (Å²) in [5.74, 6) is 1.75. The Morgan fingerprint density at radius 2 is 1.78 bits per heavy atom. The zero-order valence-electron chi connectivity index (χ0n) is 29.4. The van der Waals surface area contributed by atoms with Gasteiger partial charge < -0.3 is 20.3 Å². The highest BCUT2D eigenvalue weighted by Gasteiger charge is 2.54. The quantitative estimate of drug-likeness (QED) is 0.153. The van der Waals surface area contributed by atoms with Gasteiger partial charge in [-0.2, -0.15) is 0 Å². The number of halogens is 1. The lowest BCUT2D eigenvalue weighted by Crippen LogP contribution is -2.53. The van der Waals surface area contributed by atoms with Crippen LogP contribution in [0.5, 0.6) is 11.5 Å². The molecule has 0 unspecified atom stereocenters. The first kappa shape index (κ1) is 34.4. The van der Waals surface area contributed by atoms with Crippen molar-refractivity contribution in [3.63, 3.8) is 0 Å². The van der Waals surface area contributed by atoms with Gasteiger partial charge in [-0.1, -0.05) is 68.8 Å². The highest BCUT2D eigenvalue weighted by Crippen LogP contribution is 2.56. The molecule has 1 saturated carbocycles. The summed E-state index contributed by atoms with van der Waals surface area (Å²) in [6.07, 6.45) is 9.86. The molecule has 0 bridgehead atoms. The maximum atomic E-state index is 13.0. The van der Waals surface area contributed by atoms with Crippen LogP contribution >= 0.6 is 11.6 Å². The van der Waals surface area contributed by atoms with Gasteiger partial charge in [0.1, 0.15) is 17.0 Å². The van der Waals surface area contributed by atoms with Gasteiger partial charge >= 0.3 is 5.97 Å². The molecule has 3 aliphatic rings. The van der Waals surface area contributed by atoms with Crippen molar-refractivity contribution in [2.75, 3.05) is 11.9 Å². The van der Waals surface area contributed by atoms with E-state index in [1.165, 1.54) is 40.8 Å². The van der Waals surface area contributed by atoms with Crippen molar-refractivity contribution in [2.45, 2.75) is 101 Å². The molecule has 0 radical (unpaired) electrons. The number of hydrogen-bond acceptors (Lipinski definition) is 5. The Morgan fingerprint density at radius 1 is 1.02 bits per heavy atom. The van der Waals surface area contributed by atoms with Crippen molar-refractivity contribution in [3.05, 3.63) is 118 Å². The minimum Gasteiger partial charge on any atom is -0.508 e. The zero-order valence-corrected chi connectivity index (χ0v) is 30.2. The largest absolute Gasteiger partial charge is 0.508 e.